The van der Waals surface area contributed by atoms with E-state index in [1.165, 1.54) is 24.3 Å². The molecule has 0 atom stereocenters. The lowest BCUT2D eigenvalue weighted by atomic mass is 10.0. The molecule has 0 aliphatic rings. The zero-order valence-electron chi connectivity index (χ0n) is 11.0. The van der Waals surface area contributed by atoms with Gasteiger partial charge in [0.15, 0.2) is 23.3 Å². The molecule has 0 bridgehead atoms. The molecule has 0 aliphatic carbocycles. The van der Waals surface area contributed by atoms with Crippen molar-refractivity contribution in [1.82, 2.24) is 0 Å². The molecule has 2 N–H and O–H groups in total. The van der Waals surface area contributed by atoms with Crippen LogP contribution in [0.2, 0.25) is 0 Å². The number of carbonyl (C=O) groups is 2. The van der Waals surface area contributed by atoms with E-state index >= 15 is 0 Å². The van der Waals surface area contributed by atoms with Gasteiger partial charge in [0.1, 0.15) is 5.56 Å². The van der Waals surface area contributed by atoms with Gasteiger partial charge in [-0.1, -0.05) is 0 Å². The summed E-state index contributed by atoms with van der Waals surface area (Å²) < 4.78 is 53.7. The molecule has 23 heavy (non-hydrogen) atoms. The van der Waals surface area contributed by atoms with Crippen LogP contribution < -0.4 is 5.32 Å². The molecule has 0 saturated heterocycles. The highest BCUT2D eigenvalue weighted by Gasteiger charge is 2.32. The number of carbonyl (C=O) groups excluding carboxylic acids is 1. The number of amides is 1. The molecule has 2 aromatic rings. The molecule has 2 aromatic carbocycles. The Morgan fingerprint density at radius 2 is 1.35 bits per heavy atom. The number of benzene rings is 2. The second kappa shape index (κ2) is 6.29. The van der Waals surface area contributed by atoms with Crippen molar-refractivity contribution in [2.24, 2.45) is 0 Å². The topological polar surface area (TPSA) is 66.4 Å². The summed E-state index contributed by atoms with van der Waals surface area (Å²) in [6, 6.07) is 5.60. The number of hydrogen-bond donors (Lipinski definition) is 3. The Bertz CT molecular complexity index is 809. The summed E-state index contributed by atoms with van der Waals surface area (Å²) in [4.78, 5) is 23.5. The van der Waals surface area contributed by atoms with E-state index in [9.17, 15) is 27.2 Å². The molecule has 4 nitrogen and oxygen atoms in total. The van der Waals surface area contributed by atoms with Gasteiger partial charge < -0.3 is 10.4 Å². The molecule has 120 valence electrons. The predicted octanol–water partition coefficient (Wildman–Crippen LogP) is 3.48. The minimum Gasteiger partial charge on any atom is -0.478 e. The fourth-order valence-corrected chi connectivity index (χ4v) is 1.93. The van der Waals surface area contributed by atoms with Gasteiger partial charge in [-0.25, -0.2) is 22.4 Å². The Morgan fingerprint density at radius 3 is 1.83 bits per heavy atom. The Morgan fingerprint density at radius 1 is 0.870 bits per heavy atom. The number of hydrogen-bond acceptors (Lipinski definition) is 3. The van der Waals surface area contributed by atoms with E-state index in [1.807, 2.05) is 0 Å². The number of aromatic carboxylic acids is 1. The summed E-state index contributed by atoms with van der Waals surface area (Å²) in [6.07, 6.45) is 0. The van der Waals surface area contributed by atoms with E-state index in [2.05, 4.69) is 17.9 Å². The first-order valence-corrected chi connectivity index (χ1v) is 6.38. The monoisotopic (exact) mass is 345 g/mol. The van der Waals surface area contributed by atoms with E-state index in [-0.39, 0.29) is 5.69 Å². The van der Waals surface area contributed by atoms with Crippen molar-refractivity contribution in [2.45, 2.75) is 4.90 Å². The zero-order valence-corrected chi connectivity index (χ0v) is 11.9. The van der Waals surface area contributed by atoms with Crippen LogP contribution in [0.4, 0.5) is 23.2 Å². The van der Waals surface area contributed by atoms with Gasteiger partial charge in [-0.05, 0) is 24.3 Å². The average Bonchev–Trinajstić information content (AvgIpc) is 2.50. The number of nitrogens with one attached hydrogen (secondary N) is 1. The van der Waals surface area contributed by atoms with Crippen molar-refractivity contribution in [2.75, 3.05) is 5.32 Å². The van der Waals surface area contributed by atoms with Crippen molar-refractivity contribution >= 4 is 30.2 Å². The number of halogens is 4. The zero-order chi connectivity index (χ0) is 17.3. The lowest BCUT2D eigenvalue weighted by molar-refractivity contribution is 0.0684. The highest BCUT2D eigenvalue weighted by atomic mass is 32.1. The maximum atomic E-state index is 13.8. The Balaban J connectivity index is 2.55. The first-order valence-electron chi connectivity index (χ1n) is 5.93. The second-order valence-corrected chi connectivity index (χ2v) is 4.83. The smallest absolute Gasteiger partial charge is 0.339 e. The Labute approximate surface area is 132 Å². The van der Waals surface area contributed by atoms with Gasteiger partial charge >= 0.3 is 5.97 Å². The van der Waals surface area contributed by atoms with Crippen LogP contribution in [0.15, 0.2) is 29.2 Å². The molecule has 0 heterocycles. The molecular formula is C14H7F4NO3S. The molecule has 0 spiro atoms. The van der Waals surface area contributed by atoms with Crippen LogP contribution in [0, 0.1) is 23.3 Å². The van der Waals surface area contributed by atoms with Crippen LogP contribution in [-0.4, -0.2) is 17.0 Å². The Hall–Kier alpha value is -2.55. The van der Waals surface area contributed by atoms with E-state index in [0.717, 1.165) is 0 Å². The SMILES string of the molecule is O=C(O)c1c(F)c(F)c(F)c(F)c1C(=O)Nc1ccc(S)cc1. The van der Waals surface area contributed by atoms with Crippen molar-refractivity contribution in [3.63, 3.8) is 0 Å². The fourth-order valence-electron chi connectivity index (χ4n) is 1.78. The summed E-state index contributed by atoms with van der Waals surface area (Å²) >= 11 is 4.00. The normalized spacial score (nSPS) is 10.5. The third-order valence-electron chi connectivity index (χ3n) is 2.83. The molecule has 0 aliphatic heterocycles. The van der Waals surface area contributed by atoms with Gasteiger partial charge in [-0.15, -0.1) is 12.6 Å². The number of carboxylic acid groups (broad SMARTS) is 1. The fraction of sp³-hybridized carbons (Fsp3) is 0. The summed E-state index contributed by atoms with van der Waals surface area (Å²) in [7, 11) is 0. The number of carboxylic acids is 1. The van der Waals surface area contributed by atoms with Crippen LogP contribution in [0.5, 0.6) is 0 Å². The minimum atomic E-state index is -2.31. The lowest BCUT2D eigenvalue weighted by Crippen LogP contribution is -2.22. The standard InChI is InChI=1S/C14H7F4NO3S/c15-9-7(8(14(21)22)10(16)12(18)11(9)17)13(20)19-5-1-3-6(23)4-2-5/h1-4,23H,(H,19,20)(H,21,22). The van der Waals surface area contributed by atoms with Gasteiger partial charge in [0.25, 0.3) is 5.91 Å². The largest absolute Gasteiger partial charge is 0.478 e. The van der Waals surface area contributed by atoms with E-state index in [1.54, 1.807) is 0 Å². The van der Waals surface area contributed by atoms with Gasteiger partial charge in [0.05, 0.1) is 5.56 Å². The summed E-state index contributed by atoms with van der Waals surface area (Å²) in [5.74, 6) is -12.4. The highest BCUT2D eigenvalue weighted by Crippen LogP contribution is 2.25. The number of rotatable bonds is 3. The van der Waals surface area contributed by atoms with E-state index < -0.39 is 46.3 Å². The third-order valence-corrected chi connectivity index (χ3v) is 3.13. The third kappa shape index (κ3) is 3.14. The molecular weight excluding hydrogens is 338 g/mol. The van der Waals surface area contributed by atoms with Gasteiger partial charge in [0, 0.05) is 10.6 Å². The summed E-state index contributed by atoms with van der Waals surface area (Å²) in [6.45, 7) is 0. The van der Waals surface area contributed by atoms with Gasteiger partial charge in [0.2, 0.25) is 0 Å². The van der Waals surface area contributed by atoms with E-state index in [0.29, 0.717) is 4.90 Å². The molecule has 0 unspecified atom stereocenters. The van der Waals surface area contributed by atoms with Crippen molar-refractivity contribution in [1.29, 1.82) is 0 Å². The van der Waals surface area contributed by atoms with Gasteiger partial charge in [-0.3, -0.25) is 4.79 Å². The van der Waals surface area contributed by atoms with Crippen LogP contribution in [-0.2, 0) is 0 Å². The molecule has 2 rings (SSSR count). The average molecular weight is 345 g/mol. The number of thiol groups is 1. The quantitative estimate of drug-likeness (QED) is 0.345. The first-order chi connectivity index (χ1) is 10.7. The molecule has 9 heteroatoms. The van der Waals surface area contributed by atoms with Crippen molar-refractivity contribution < 1.29 is 32.3 Å². The molecule has 1 amide bonds. The van der Waals surface area contributed by atoms with E-state index in [4.69, 9.17) is 5.11 Å². The molecule has 0 aromatic heterocycles. The maximum Gasteiger partial charge on any atom is 0.339 e. The molecule has 0 fully saturated rings. The number of anilines is 1. The Kier molecular flexibility index (Phi) is 4.60. The van der Waals surface area contributed by atoms with Crippen LogP contribution in [0.1, 0.15) is 20.7 Å². The van der Waals surface area contributed by atoms with Gasteiger partial charge in [-0.2, -0.15) is 0 Å². The van der Waals surface area contributed by atoms with Crippen molar-refractivity contribution in [3.8, 4) is 0 Å². The van der Waals surface area contributed by atoms with Crippen LogP contribution in [0.3, 0.4) is 0 Å². The summed E-state index contributed by atoms with van der Waals surface area (Å²) in [5, 5.41) is 10.9. The predicted molar refractivity (Wildman–Crippen MR) is 74.9 cm³/mol. The molecule has 0 saturated carbocycles. The highest BCUT2D eigenvalue weighted by molar-refractivity contribution is 7.80. The lowest BCUT2D eigenvalue weighted by Gasteiger charge is -2.11. The first kappa shape index (κ1) is 16.8. The van der Waals surface area contributed by atoms with Crippen LogP contribution in [0.25, 0.3) is 0 Å². The maximum absolute atomic E-state index is 13.8. The minimum absolute atomic E-state index is 0.0914. The van der Waals surface area contributed by atoms with Crippen molar-refractivity contribution in [3.05, 3.63) is 58.7 Å². The second-order valence-electron chi connectivity index (χ2n) is 4.31. The summed E-state index contributed by atoms with van der Waals surface area (Å²) in [5.41, 5.74) is -2.94. The molecule has 0 radical (unpaired) electrons. The van der Waals surface area contributed by atoms with Crippen LogP contribution >= 0.6 is 12.6 Å².